The lowest BCUT2D eigenvalue weighted by Gasteiger charge is -2.31. The van der Waals surface area contributed by atoms with Crippen molar-refractivity contribution in [1.29, 1.82) is 0 Å². The highest BCUT2D eigenvalue weighted by molar-refractivity contribution is 5.85. The molecule has 20 heavy (non-hydrogen) atoms. The lowest BCUT2D eigenvalue weighted by atomic mass is 10.2. The fourth-order valence-corrected chi connectivity index (χ4v) is 2.92. The first-order valence-corrected chi connectivity index (χ1v) is 7.18. The Labute approximate surface area is 126 Å². The molecule has 0 amide bonds. The van der Waals surface area contributed by atoms with Crippen LogP contribution in [0.1, 0.15) is 19.5 Å². The van der Waals surface area contributed by atoms with Gasteiger partial charge in [-0.25, -0.2) is 0 Å². The fourth-order valence-electron chi connectivity index (χ4n) is 2.92. The molecule has 1 aliphatic rings. The molecule has 0 spiro atoms. The Balaban J connectivity index is 0.00000147. The van der Waals surface area contributed by atoms with Gasteiger partial charge in [-0.3, -0.25) is 9.58 Å². The predicted octanol–water partition coefficient (Wildman–Crippen LogP) is 2.27. The van der Waals surface area contributed by atoms with Crippen molar-refractivity contribution in [3.05, 3.63) is 30.0 Å². The quantitative estimate of drug-likeness (QED) is 0.943. The van der Waals surface area contributed by atoms with Crippen molar-refractivity contribution in [3.63, 3.8) is 0 Å². The van der Waals surface area contributed by atoms with Gasteiger partial charge in [0.1, 0.15) is 0 Å². The van der Waals surface area contributed by atoms with Gasteiger partial charge in [0, 0.05) is 44.2 Å². The van der Waals surface area contributed by atoms with E-state index in [0.29, 0.717) is 6.04 Å². The summed E-state index contributed by atoms with van der Waals surface area (Å²) >= 11 is 0. The molecule has 1 N–H and O–H groups in total. The number of hydrogen-bond donors (Lipinski definition) is 1. The molecular formula is C15H23ClN4. The zero-order valence-corrected chi connectivity index (χ0v) is 13.0. The van der Waals surface area contributed by atoms with E-state index in [-0.39, 0.29) is 12.4 Å². The second-order valence-corrected chi connectivity index (χ2v) is 5.37. The van der Waals surface area contributed by atoms with Gasteiger partial charge >= 0.3 is 0 Å². The fraction of sp³-hybridized carbons (Fsp3) is 0.533. The first-order valence-electron chi connectivity index (χ1n) is 7.18. The number of benzene rings is 1. The minimum Gasteiger partial charge on any atom is -0.312 e. The van der Waals surface area contributed by atoms with E-state index in [1.54, 1.807) is 0 Å². The minimum absolute atomic E-state index is 0. The summed E-state index contributed by atoms with van der Waals surface area (Å²) in [7, 11) is 0. The lowest BCUT2D eigenvalue weighted by molar-refractivity contribution is 0.198. The van der Waals surface area contributed by atoms with Gasteiger partial charge in [-0.05, 0) is 19.9 Å². The van der Waals surface area contributed by atoms with Gasteiger partial charge in [-0.1, -0.05) is 18.2 Å². The lowest BCUT2D eigenvalue weighted by Crippen LogP contribution is -2.48. The smallest absolute Gasteiger partial charge is 0.0843 e. The first-order chi connectivity index (χ1) is 9.28. The van der Waals surface area contributed by atoms with E-state index in [1.807, 2.05) is 0 Å². The molecule has 0 bridgehead atoms. The number of piperazine rings is 1. The molecule has 1 fully saturated rings. The maximum absolute atomic E-state index is 4.78. The summed E-state index contributed by atoms with van der Waals surface area (Å²) in [6, 6.07) is 9.12. The summed E-state index contributed by atoms with van der Waals surface area (Å²) in [5.74, 6) is 0. The number of aryl methyl sites for hydroxylation is 1. The Bertz CT molecular complexity index is 566. The van der Waals surface area contributed by atoms with E-state index < -0.39 is 0 Å². The molecule has 3 rings (SSSR count). The molecule has 1 aromatic carbocycles. The molecule has 5 heteroatoms. The number of para-hydroxylation sites is 1. The number of aromatic nitrogens is 2. The maximum atomic E-state index is 4.78. The summed E-state index contributed by atoms with van der Waals surface area (Å²) in [6.07, 6.45) is 0. The molecule has 1 aliphatic heterocycles. The van der Waals surface area contributed by atoms with Crippen LogP contribution in [-0.2, 0) is 13.1 Å². The monoisotopic (exact) mass is 294 g/mol. The van der Waals surface area contributed by atoms with Crippen LogP contribution in [0.15, 0.2) is 24.3 Å². The van der Waals surface area contributed by atoms with Crippen LogP contribution in [-0.4, -0.2) is 40.4 Å². The van der Waals surface area contributed by atoms with Crippen LogP contribution in [0, 0.1) is 0 Å². The Morgan fingerprint density at radius 3 is 2.90 bits per heavy atom. The van der Waals surface area contributed by atoms with Crippen LogP contribution in [0.5, 0.6) is 0 Å². The largest absolute Gasteiger partial charge is 0.312 e. The van der Waals surface area contributed by atoms with Gasteiger partial charge in [0.25, 0.3) is 0 Å². The first kappa shape index (κ1) is 15.3. The third kappa shape index (κ3) is 2.97. The van der Waals surface area contributed by atoms with Crippen molar-refractivity contribution in [3.8, 4) is 0 Å². The van der Waals surface area contributed by atoms with Gasteiger partial charge in [-0.15, -0.1) is 12.4 Å². The predicted molar refractivity (Wildman–Crippen MR) is 85.4 cm³/mol. The SMILES string of the molecule is CCn1nc(CN2CCNC(C)C2)c2ccccc21.Cl. The Morgan fingerprint density at radius 2 is 2.15 bits per heavy atom. The van der Waals surface area contributed by atoms with Crippen LogP contribution >= 0.6 is 12.4 Å². The Morgan fingerprint density at radius 1 is 1.35 bits per heavy atom. The summed E-state index contributed by atoms with van der Waals surface area (Å²) in [6.45, 7) is 9.57. The number of halogens is 1. The molecular weight excluding hydrogens is 272 g/mol. The summed E-state index contributed by atoms with van der Waals surface area (Å²) in [5.41, 5.74) is 2.47. The van der Waals surface area contributed by atoms with Crippen LogP contribution in [0.3, 0.4) is 0 Å². The molecule has 1 atom stereocenters. The molecule has 0 aliphatic carbocycles. The molecule has 0 radical (unpaired) electrons. The highest BCUT2D eigenvalue weighted by Crippen LogP contribution is 2.20. The average molecular weight is 295 g/mol. The standard InChI is InChI=1S/C15H22N4.ClH/c1-3-19-15-7-5-4-6-13(15)14(17-19)11-18-9-8-16-12(2)10-18;/h4-7,12,16H,3,8-11H2,1-2H3;1H. The van der Waals surface area contributed by atoms with Crippen LogP contribution in [0.2, 0.25) is 0 Å². The Hall–Kier alpha value is -1.10. The Kier molecular flexibility index (Phi) is 5.02. The van der Waals surface area contributed by atoms with E-state index in [1.165, 1.54) is 16.6 Å². The van der Waals surface area contributed by atoms with Crippen molar-refractivity contribution >= 4 is 23.3 Å². The zero-order chi connectivity index (χ0) is 13.2. The van der Waals surface area contributed by atoms with E-state index in [0.717, 1.165) is 32.7 Å². The number of hydrogen-bond acceptors (Lipinski definition) is 3. The van der Waals surface area contributed by atoms with Gasteiger partial charge in [0.05, 0.1) is 11.2 Å². The molecule has 2 heterocycles. The summed E-state index contributed by atoms with van der Waals surface area (Å²) in [4.78, 5) is 2.50. The third-order valence-corrected chi connectivity index (χ3v) is 3.86. The van der Waals surface area contributed by atoms with E-state index in [9.17, 15) is 0 Å². The van der Waals surface area contributed by atoms with Crippen molar-refractivity contribution < 1.29 is 0 Å². The van der Waals surface area contributed by atoms with Crippen LogP contribution in [0.25, 0.3) is 10.9 Å². The highest BCUT2D eigenvalue weighted by Gasteiger charge is 2.18. The molecule has 110 valence electrons. The normalized spacial score (nSPS) is 20.0. The van der Waals surface area contributed by atoms with Crippen molar-refractivity contribution in [1.82, 2.24) is 20.0 Å². The molecule has 1 unspecified atom stereocenters. The summed E-state index contributed by atoms with van der Waals surface area (Å²) in [5, 5.41) is 9.57. The molecule has 2 aromatic rings. The van der Waals surface area contributed by atoms with E-state index in [4.69, 9.17) is 5.10 Å². The van der Waals surface area contributed by atoms with Gasteiger partial charge in [-0.2, -0.15) is 5.10 Å². The van der Waals surface area contributed by atoms with E-state index in [2.05, 4.69) is 53.0 Å². The topological polar surface area (TPSA) is 33.1 Å². The van der Waals surface area contributed by atoms with Crippen molar-refractivity contribution in [2.24, 2.45) is 0 Å². The van der Waals surface area contributed by atoms with Crippen molar-refractivity contribution in [2.45, 2.75) is 33.0 Å². The minimum atomic E-state index is 0. The number of nitrogens with one attached hydrogen (secondary N) is 1. The van der Waals surface area contributed by atoms with Crippen LogP contribution in [0.4, 0.5) is 0 Å². The molecule has 1 aromatic heterocycles. The zero-order valence-electron chi connectivity index (χ0n) is 12.2. The average Bonchev–Trinajstić information content (AvgIpc) is 2.77. The highest BCUT2D eigenvalue weighted by atomic mass is 35.5. The molecule has 0 saturated carbocycles. The molecule has 4 nitrogen and oxygen atoms in total. The number of fused-ring (bicyclic) bond motifs is 1. The van der Waals surface area contributed by atoms with Gasteiger partial charge < -0.3 is 5.32 Å². The molecule has 1 saturated heterocycles. The maximum Gasteiger partial charge on any atom is 0.0843 e. The second kappa shape index (κ2) is 6.57. The third-order valence-electron chi connectivity index (χ3n) is 3.86. The van der Waals surface area contributed by atoms with Gasteiger partial charge in [0.15, 0.2) is 0 Å². The number of nitrogens with zero attached hydrogens (tertiary/aromatic N) is 3. The van der Waals surface area contributed by atoms with E-state index >= 15 is 0 Å². The summed E-state index contributed by atoms with van der Waals surface area (Å²) < 4.78 is 2.11. The van der Waals surface area contributed by atoms with Crippen molar-refractivity contribution in [2.75, 3.05) is 19.6 Å². The second-order valence-electron chi connectivity index (χ2n) is 5.37. The van der Waals surface area contributed by atoms with Gasteiger partial charge in [0.2, 0.25) is 0 Å². The number of rotatable bonds is 3. The van der Waals surface area contributed by atoms with Crippen LogP contribution < -0.4 is 5.32 Å².